The van der Waals surface area contributed by atoms with Crippen molar-refractivity contribution in [2.75, 3.05) is 5.32 Å². The topological polar surface area (TPSA) is 54.9 Å². The van der Waals surface area contributed by atoms with E-state index in [1.54, 1.807) is 6.07 Å². The molecule has 1 aromatic heterocycles. The largest absolute Gasteiger partial charge is 0.300 e. The highest BCUT2D eigenvalue weighted by Gasteiger charge is 2.46. The van der Waals surface area contributed by atoms with Crippen molar-refractivity contribution in [3.05, 3.63) is 40.7 Å². The summed E-state index contributed by atoms with van der Waals surface area (Å²) in [6.45, 7) is 0. The molecule has 0 spiro atoms. The SMILES string of the molecule is O=C(Nc1nnc(C2CC2)s1)C1(c2cccc(F)c2)CCC1. The summed E-state index contributed by atoms with van der Waals surface area (Å²) in [5.74, 6) is 0.135. The van der Waals surface area contributed by atoms with Crippen LogP contribution in [0.3, 0.4) is 0 Å². The number of carbonyl (C=O) groups is 1. The third-order valence-corrected chi connectivity index (χ3v) is 5.61. The van der Waals surface area contributed by atoms with Crippen LogP contribution in [-0.4, -0.2) is 16.1 Å². The molecule has 4 rings (SSSR count). The van der Waals surface area contributed by atoms with Gasteiger partial charge in [0.2, 0.25) is 11.0 Å². The predicted molar refractivity (Wildman–Crippen MR) is 82.4 cm³/mol. The van der Waals surface area contributed by atoms with E-state index < -0.39 is 5.41 Å². The average Bonchev–Trinajstić information content (AvgIpc) is 3.19. The zero-order chi connectivity index (χ0) is 15.2. The Balaban J connectivity index is 1.56. The lowest BCUT2D eigenvalue weighted by Gasteiger charge is -2.40. The fourth-order valence-electron chi connectivity index (χ4n) is 2.96. The van der Waals surface area contributed by atoms with Crippen molar-refractivity contribution >= 4 is 22.4 Å². The van der Waals surface area contributed by atoms with Crippen molar-refractivity contribution in [2.24, 2.45) is 0 Å². The molecule has 2 saturated carbocycles. The Kier molecular flexibility index (Phi) is 3.22. The third kappa shape index (κ3) is 2.31. The summed E-state index contributed by atoms with van der Waals surface area (Å²) in [5, 5.41) is 12.6. The summed E-state index contributed by atoms with van der Waals surface area (Å²) < 4.78 is 13.5. The minimum atomic E-state index is -0.618. The smallest absolute Gasteiger partial charge is 0.236 e. The van der Waals surface area contributed by atoms with E-state index in [0.717, 1.165) is 42.7 Å². The number of hydrogen-bond acceptors (Lipinski definition) is 4. The molecular weight excluding hydrogens is 301 g/mol. The molecule has 1 heterocycles. The summed E-state index contributed by atoms with van der Waals surface area (Å²) >= 11 is 1.45. The van der Waals surface area contributed by atoms with E-state index >= 15 is 0 Å². The quantitative estimate of drug-likeness (QED) is 0.937. The van der Waals surface area contributed by atoms with Crippen molar-refractivity contribution < 1.29 is 9.18 Å². The molecule has 0 aliphatic heterocycles. The van der Waals surface area contributed by atoms with E-state index in [2.05, 4.69) is 15.5 Å². The fraction of sp³-hybridized carbons (Fsp3) is 0.438. The first kappa shape index (κ1) is 13.8. The van der Waals surface area contributed by atoms with E-state index in [1.165, 1.54) is 23.5 Å². The van der Waals surface area contributed by atoms with Gasteiger partial charge < -0.3 is 0 Å². The molecule has 2 fully saturated rings. The Morgan fingerprint density at radius 1 is 1.32 bits per heavy atom. The number of carbonyl (C=O) groups excluding carboxylic acids is 1. The van der Waals surface area contributed by atoms with Crippen molar-refractivity contribution in [3.63, 3.8) is 0 Å². The monoisotopic (exact) mass is 317 g/mol. The summed E-state index contributed by atoms with van der Waals surface area (Å²) in [6.07, 6.45) is 4.80. The first-order chi connectivity index (χ1) is 10.7. The minimum Gasteiger partial charge on any atom is -0.300 e. The maximum Gasteiger partial charge on any atom is 0.236 e. The highest BCUT2D eigenvalue weighted by Crippen LogP contribution is 2.46. The Morgan fingerprint density at radius 2 is 2.14 bits per heavy atom. The summed E-state index contributed by atoms with van der Waals surface area (Å²) in [7, 11) is 0. The summed E-state index contributed by atoms with van der Waals surface area (Å²) in [5.41, 5.74) is 0.135. The molecule has 22 heavy (non-hydrogen) atoms. The van der Waals surface area contributed by atoms with Crippen LogP contribution in [0.5, 0.6) is 0 Å². The molecule has 0 radical (unpaired) electrons. The van der Waals surface area contributed by atoms with Crippen molar-refractivity contribution in [3.8, 4) is 0 Å². The molecule has 2 aromatic rings. The van der Waals surface area contributed by atoms with Crippen molar-refractivity contribution in [1.29, 1.82) is 0 Å². The van der Waals surface area contributed by atoms with Crippen LogP contribution >= 0.6 is 11.3 Å². The fourth-order valence-corrected chi connectivity index (χ4v) is 3.87. The lowest BCUT2D eigenvalue weighted by Crippen LogP contribution is -2.46. The first-order valence-corrected chi connectivity index (χ1v) is 8.40. The Bertz CT molecular complexity index is 722. The molecule has 4 nitrogen and oxygen atoms in total. The Labute approximate surface area is 131 Å². The zero-order valence-corrected chi connectivity index (χ0v) is 12.8. The van der Waals surface area contributed by atoms with E-state index in [0.29, 0.717) is 11.0 Å². The van der Waals surface area contributed by atoms with Gasteiger partial charge in [-0.1, -0.05) is 29.9 Å². The van der Waals surface area contributed by atoms with Gasteiger partial charge in [0, 0.05) is 5.92 Å². The number of hydrogen-bond donors (Lipinski definition) is 1. The minimum absolute atomic E-state index is 0.0946. The number of halogens is 1. The van der Waals surface area contributed by atoms with Gasteiger partial charge in [0.05, 0.1) is 5.41 Å². The van der Waals surface area contributed by atoms with Gasteiger partial charge >= 0.3 is 0 Å². The number of benzene rings is 1. The molecule has 2 aliphatic carbocycles. The maximum absolute atomic E-state index is 13.5. The molecule has 1 aromatic carbocycles. The second kappa shape index (κ2) is 5.12. The normalized spacial score (nSPS) is 19.5. The number of nitrogens with one attached hydrogen (secondary N) is 1. The molecule has 0 unspecified atom stereocenters. The van der Waals surface area contributed by atoms with Crippen LogP contribution in [0.1, 0.15) is 48.6 Å². The first-order valence-electron chi connectivity index (χ1n) is 7.58. The van der Waals surface area contributed by atoms with Gasteiger partial charge in [-0.25, -0.2) is 4.39 Å². The Morgan fingerprint density at radius 3 is 2.77 bits per heavy atom. The van der Waals surface area contributed by atoms with Crippen LogP contribution in [0.15, 0.2) is 24.3 Å². The molecule has 0 bridgehead atoms. The van der Waals surface area contributed by atoms with Crippen LogP contribution < -0.4 is 5.32 Å². The summed E-state index contributed by atoms with van der Waals surface area (Å²) in [4.78, 5) is 12.7. The number of anilines is 1. The van der Waals surface area contributed by atoms with E-state index in [-0.39, 0.29) is 11.7 Å². The third-order valence-electron chi connectivity index (χ3n) is 4.61. The molecule has 0 saturated heterocycles. The molecule has 114 valence electrons. The second-order valence-electron chi connectivity index (χ2n) is 6.12. The van der Waals surface area contributed by atoms with Gasteiger partial charge in [0.15, 0.2) is 0 Å². The van der Waals surface area contributed by atoms with Crippen LogP contribution in [0.2, 0.25) is 0 Å². The van der Waals surface area contributed by atoms with Crippen LogP contribution in [0, 0.1) is 5.82 Å². The molecule has 2 aliphatic rings. The van der Waals surface area contributed by atoms with E-state index in [4.69, 9.17) is 0 Å². The average molecular weight is 317 g/mol. The predicted octanol–water partition coefficient (Wildman–Crippen LogP) is 3.62. The number of rotatable bonds is 4. The summed E-state index contributed by atoms with van der Waals surface area (Å²) in [6, 6.07) is 6.36. The molecule has 0 atom stereocenters. The zero-order valence-electron chi connectivity index (χ0n) is 12.0. The van der Waals surface area contributed by atoms with Gasteiger partial charge in [0.25, 0.3) is 0 Å². The van der Waals surface area contributed by atoms with Gasteiger partial charge in [-0.15, -0.1) is 10.2 Å². The molecule has 1 amide bonds. The van der Waals surface area contributed by atoms with E-state index in [9.17, 15) is 9.18 Å². The van der Waals surface area contributed by atoms with Crippen LogP contribution in [0.4, 0.5) is 9.52 Å². The lowest BCUT2D eigenvalue weighted by atomic mass is 9.64. The second-order valence-corrected chi connectivity index (χ2v) is 7.13. The van der Waals surface area contributed by atoms with Gasteiger partial charge in [-0.2, -0.15) is 0 Å². The number of aromatic nitrogens is 2. The van der Waals surface area contributed by atoms with Crippen LogP contribution in [-0.2, 0) is 10.2 Å². The highest BCUT2D eigenvalue weighted by molar-refractivity contribution is 7.15. The standard InChI is InChI=1S/C16H16FN3OS/c17-12-4-1-3-11(9-12)16(7-2-8-16)14(21)18-15-20-19-13(22-15)10-5-6-10/h1,3-4,9-10H,2,5-8H2,(H,18,20,21). The lowest BCUT2D eigenvalue weighted by molar-refractivity contribution is -0.124. The maximum atomic E-state index is 13.5. The molecular formula is C16H16FN3OS. The Hall–Kier alpha value is -1.82. The van der Waals surface area contributed by atoms with Gasteiger partial charge in [-0.05, 0) is 43.4 Å². The van der Waals surface area contributed by atoms with Crippen molar-refractivity contribution in [1.82, 2.24) is 10.2 Å². The number of nitrogens with zero attached hydrogens (tertiary/aromatic N) is 2. The van der Waals surface area contributed by atoms with E-state index in [1.807, 2.05) is 6.07 Å². The molecule has 1 N–H and O–H groups in total. The van der Waals surface area contributed by atoms with Crippen molar-refractivity contribution in [2.45, 2.75) is 43.4 Å². The van der Waals surface area contributed by atoms with Gasteiger partial charge in [0.1, 0.15) is 10.8 Å². The molecule has 6 heteroatoms. The van der Waals surface area contributed by atoms with Crippen LogP contribution in [0.25, 0.3) is 0 Å². The highest BCUT2D eigenvalue weighted by atomic mass is 32.1. The van der Waals surface area contributed by atoms with Gasteiger partial charge in [-0.3, -0.25) is 10.1 Å². The number of amides is 1.